The Kier molecular flexibility index (Phi) is 5.80. The molecule has 7 nitrogen and oxygen atoms in total. The van der Waals surface area contributed by atoms with Crippen LogP contribution in [-0.2, 0) is 10.0 Å². The summed E-state index contributed by atoms with van der Waals surface area (Å²) < 4.78 is 27.9. The number of pyridine rings is 1. The minimum atomic E-state index is -3.36. The maximum absolute atomic E-state index is 11.6. The number of benzene rings is 2. The van der Waals surface area contributed by atoms with E-state index in [1.807, 2.05) is 60.8 Å². The summed E-state index contributed by atoms with van der Waals surface area (Å²) in [7, 11) is -3.36. The Morgan fingerprint density at radius 1 is 0.912 bits per heavy atom. The van der Waals surface area contributed by atoms with Gasteiger partial charge in [-0.1, -0.05) is 24.3 Å². The monoisotopic (exact) mass is 489 g/mol. The van der Waals surface area contributed by atoms with Crippen LogP contribution in [0.4, 0.5) is 11.4 Å². The van der Waals surface area contributed by atoms with E-state index in [9.17, 15) is 8.42 Å². The molecule has 5 rings (SSSR count). The van der Waals surface area contributed by atoms with Crippen LogP contribution < -0.4 is 14.9 Å². The topological polar surface area (TPSA) is 79.3 Å². The van der Waals surface area contributed by atoms with Gasteiger partial charge in [0.1, 0.15) is 6.04 Å². The second kappa shape index (κ2) is 8.92. The average molecular weight is 490 g/mol. The average Bonchev–Trinajstić information content (AvgIpc) is 3.44. The van der Waals surface area contributed by atoms with Gasteiger partial charge in [-0.25, -0.2) is 8.42 Å². The summed E-state index contributed by atoms with van der Waals surface area (Å²) in [5.41, 5.74) is 4.32. The van der Waals surface area contributed by atoms with Crippen molar-refractivity contribution in [2.75, 3.05) is 15.9 Å². The Labute approximate surface area is 204 Å². The molecule has 3 heterocycles. The van der Waals surface area contributed by atoms with E-state index in [0.29, 0.717) is 10.8 Å². The first-order valence-corrected chi connectivity index (χ1v) is 13.0. The number of aromatic nitrogens is 2. The van der Waals surface area contributed by atoms with Gasteiger partial charge < -0.3 is 14.8 Å². The molecule has 0 unspecified atom stereocenters. The first kappa shape index (κ1) is 22.1. The molecule has 1 saturated heterocycles. The number of thiocarbonyl (C=S) groups is 1. The lowest BCUT2D eigenvalue weighted by molar-refractivity contribution is 0.549. The Hall–Kier alpha value is -3.69. The SMILES string of the molecule is CS(=O)(=O)Nc1ccc(N2C(=S)N[C@@H](c3ccccn3)[C@H]2c2cccn2-c2ccccc2)cc1. The lowest BCUT2D eigenvalue weighted by Crippen LogP contribution is -2.30. The Morgan fingerprint density at radius 3 is 2.32 bits per heavy atom. The molecule has 2 aromatic carbocycles. The van der Waals surface area contributed by atoms with E-state index in [4.69, 9.17) is 12.2 Å². The minimum absolute atomic E-state index is 0.181. The Balaban J connectivity index is 1.60. The van der Waals surface area contributed by atoms with Gasteiger partial charge in [-0.2, -0.15) is 0 Å². The predicted octanol–water partition coefficient (Wildman–Crippen LogP) is 4.42. The number of hydrogen-bond donors (Lipinski definition) is 2. The molecule has 9 heteroatoms. The standard InChI is InChI=1S/C25H23N5O2S2/c1-34(31,32)28-18-12-14-20(15-13-18)30-24(23(27-25(30)33)21-10-5-6-16-26-21)22-11-7-17-29(22)19-8-3-2-4-9-19/h2-17,23-24,28H,1H3,(H,27,33)/t23-,24+/m0/s1. The summed E-state index contributed by atoms with van der Waals surface area (Å²) in [5.74, 6) is 0. The molecule has 34 heavy (non-hydrogen) atoms. The molecule has 2 atom stereocenters. The number of para-hydroxylation sites is 1. The van der Waals surface area contributed by atoms with Crippen LogP contribution in [0.5, 0.6) is 0 Å². The second-order valence-electron chi connectivity index (χ2n) is 8.06. The first-order chi connectivity index (χ1) is 16.4. The summed E-state index contributed by atoms with van der Waals surface area (Å²) in [5, 5.41) is 4.03. The van der Waals surface area contributed by atoms with Crippen molar-refractivity contribution in [3.63, 3.8) is 0 Å². The maximum Gasteiger partial charge on any atom is 0.229 e. The van der Waals surface area contributed by atoms with Crippen LogP contribution in [0.15, 0.2) is 97.3 Å². The molecule has 2 aromatic heterocycles. The van der Waals surface area contributed by atoms with Gasteiger partial charge in [-0.15, -0.1) is 0 Å². The highest BCUT2D eigenvalue weighted by Gasteiger charge is 2.42. The maximum atomic E-state index is 11.6. The van der Waals surface area contributed by atoms with Crippen molar-refractivity contribution in [3.8, 4) is 5.69 Å². The molecular weight excluding hydrogens is 466 g/mol. The third-order valence-electron chi connectivity index (χ3n) is 5.66. The fourth-order valence-electron chi connectivity index (χ4n) is 4.30. The highest BCUT2D eigenvalue weighted by molar-refractivity contribution is 7.92. The first-order valence-electron chi connectivity index (χ1n) is 10.7. The van der Waals surface area contributed by atoms with Gasteiger partial charge in [0.05, 0.1) is 18.0 Å². The van der Waals surface area contributed by atoms with Gasteiger partial charge in [-0.05, 0) is 72.9 Å². The van der Waals surface area contributed by atoms with Gasteiger partial charge in [0.25, 0.3) is 0 Å². The van der Waals surface area contributed by atoms with Crippen molar-refractivity contribution in [1.82, 2.24) is 14.9 Å². The zero-order valence-corrected chi connectivity index (χ0v) is 20.0. The summed E-state index contributed by atoms with van der Waals surface area (Å²) in [6.07, 6.45) is 4.95. The van der Waals surface area contributed by atoms with Crippen LogP contribution in [0, 0.1) is 0 Å². The van der Waals surface area contributed by atoms with Crippen LogP contribution in [-0.4, -0.2) is 29.3 Å². The van der Waals surface area contributed by atoms with Crippen molar-refractivity contribution < 1.29 is 8.42 Å². The highest BCUT2D eigenvalue weighted by Crippen LogP contribution is 2.42. The summed E-state index contributed by atoms with van der Waals surface area (Å²) >= 11 is 5.80. The Morgan fingerprint density at radius 2 is 1.65 bits per heavy atom. The summed E-state index contributed by atoms with van der Waals surface area (Å²) in [6.45, 7) is 0. The van der Waals surface area contributed by atoms with Gasteiger partial charge in [0.15, 0.2) is 5.11 Å². The van der Waals surface area contributed by atoms with Crippen LogP contribution >= 0.6 is 12.2 Å². The van der Waals surface area contributed by atoms with E-state index in [-0.39, 0.29) is 12.1 Å². The smallest absolute Gasteiger partial charge is 0.229 e. The Bertz CT molecular complexity index is 1400. The van der Waals surface area contributed by atoms with E-state index < -0.39 is 10.0 Å². The van der Waals surface area contributed by atoms with Gasteiger partial charge >= 0.3 is 0 Å². The van der Waals surface area contributed by atoms with Gasteiger partial charge in [0, 0.05) is 35.1 Å². The summed E-state index contributed by atoms with van der Waals surface area (Å²) in [6, 6.07) is 27.0. The largest absolute Gasteiger partial charge is 0.351 e. The molecule has 0 saturated carbocycles. The van der Waals surface area contributed by atoms with Crippen molar-refractivity contribution in [1.29, 1.82) is 0 Å². The molecule has 4 aromatic rings. The highest BCUT2D eigenvalue weighted by atomic mass is 32.2. The molecule has 1 fully saturated rings. The number of sulfonamides is 1. The van der Waals surface area contributed by atoms with Crippen LogP contribution in [0.25, 0.3) is 5.69 Å². The molecule has 1 aliphatic rings. The van der Waals surface area contributed by atoms with E-state index in [0.717, 1.165) is 29.0 Å². The number of nitrogens with zero attached hydrogens (tertiary/aromatic N) is 3. The molecule has 0 bridgehead atoms. The lowest BCUT2D eigenvalue weighted by atomic mass is 10.0. The number of nitrogens with one attached hydrogen (secondary N) is 2. The molecule has 2 N–H and O–H groups in total. The van der Waals surface area contributed by atoms with Gasteiger partial charge in [0.2, 0.25) is 10.0 Å². The van der Waals surface area contributed by atoms with Gasteiger partial charge in [-0.3, -0.25) is 9.71 Å². The van der Waals surface area contributed by atoms with Crippen molar-refractivity contribution in [2.45, 2.75) is 12.1 Å². The lowest BCUT2D eigenvalue weighted by Gasteiger charge is -2.29. The number of anilines is 2. The van der Waals surface area contributed by atoms with Crippen LogP contribution in [0.1, 0.15) is 23.5 Å². The fourth-order valence-corrected chi connectivity index (χ4v) is 5.21. The van der Waals surface area contributed by atoms with Crippen molar-refractivity contribution in [3.05, 3.63) is 109 Å². The molecule has 0 amide bonds. The van der Waals surface area contributed by atoms with Crippen molar-refractivity contribution >= 4 is 38.7 Å². The third kappa shape index (κ3) is 4.40. The molecular formula is C25H23N5O2S2. The summed E-state index contributed by atoms with van der Waals surface area (Å²) in [4.78, 5) is 6.67. The van der Waals surface area contributed by atoms with Crippen LogP contribution in [0.3, 0.4) is 0 Å². The normalized spacial score (nSPS) is 18.0. The van der Waals surface area contributed by atoms with E-state index in [1.54, 1.807) is 18.3 Å². The zero-order chi connectivity index (χ0) is 23.7. The number of rotatable bonds is 6. The zero-order valence-electron chi connectivity index (χ0n) is 18.4. The number of hydrogen-bond acceptors (Lipinski definition) is 4. The fraction of sp³-hybridized carbons (Fsp3) is 0.120. The molecule has 1 aliphatic heterocycles. The quantitative estimate of drug-likeness (QED) is 0.391. The van der Waals surface area contributed by atoms with E-state index >= 15 is 0 Å². The molecule has 172 valence electrons. The molecule has 0 spiro atoms. The van der Waals surface area contributed by atoms with E-state index in [1.165, 1.54) is 0 Å². The van der Waals surface area contributed by atoms with Crippen LogP contribution in [0.2, 0.25) is 0 Å². The minimum Gasteiger partial charge on any atom is -0.351 e. The second-order valence-corrected chi connectivity index (χ2v) is 10.2. The molecule has 0 aliphatic carbocycles. The predicted molar refractivity (Wildman–Crippen MR) is 139 cm³/mol. The third-order valence-corrected chi connectivity index (χ3v) is 6.59. The van der Waals surface area contributed by atoms with E-state index in [2.05, 4.69) is 42.7 Å². The van der Waals surface area contributed by atoms with Crippen molar-refractivity contribution in [2.24, 2.45) is 0 Å². The molecule has 0 radical (unpaired) electrons.